The van der Waals surface area contributed by atoms with Crippen molar-refractivity contribution >= 4 is 5.69 Å². The minimum absolute atomic E-state index is 0.536. The second-order valence-electron chi connectivity index (χ2n) is 5.13. The molecule has 0 fully saturated rings. The highest BCUT2D eigenvalue weighted by Crippen LogP contribution is 2.27. The van der Waals surface area contributed by atoms with Gasteiger partial charge in [0.1, 0.15) is 11.8 Å². The average Bonchev–Trinajstić information content (AvgIpc) is 2.71. The van der Waals surface area contributed by atoms with Crippen molar-refractivity contribution in [3.63, 3.8) is 0 Å². The van der Waals surface area contributed by atoms with Gasteiger partial charge in [-0.2, -0.15) is 5.26 Å². The van der Waals surface area contributed by atoms with Crippen LogP contribution in [0.15, 0.2) is 42.6 Å². The van der Waals surface area contributed by atoms with E-state index in [0.29, 0.717) is 5.69 Å². The van der Waals surface area contributed by atoms with Crippen LogP contribution < -0.4 is 4.90 Å². The largest absolute Gasteiger partial charge is 0.367 e. The lowest BCUT2D eigenvalue weighted by Gasteiger charge is -2.25. The number of hydrogen-bond acceptors (Lipinski definition) is 3. The second kappa shape index (κ2) is 5.75. The molecule has 100 valence electrons. The fraction of sp³-hybridized carbons (Fsp3) is 0.294. The maximum absolute atomic E-state index is 9.17. The van der Waals surface area contributed by atoms with Gasteiger partial charge in [-0.3, -0.25) is 0 Å². The third-order valence-electron chi connectivity index (χ3n) is 3.81. The molecule has 3 heteroatoms. The lowest BCUT2D eigenvalue weighted by molar-refractivity contribution is 0.713. The molecule has 0 unspecified atom stereocenters. The van der Waals surface area contributed by atoms with E-state index in [9.17, 15) is 0 Å². The first-order chi connectivity index (χ1) is 9.88. The van der Waals surface area contributed by atoms with Crippen LogP contribution in [-0.2, 0) is 13.0 Å². The Labute approximate surface area is 119 Å². The maximum atomic E-state index is 9.17. The highest BCUT2D eigenvalue weighted by atomic mass is 15.1. The summed E-state index contributed by atoms with van der Waals surface area (Å²) in [6.07, 6.45) is 5.24. The van der Waals surface area contributed by atoms with Crippen LogP contribution in [0, 0.1) is 11.3 Å². The lowest BCUT2D eigenvalue weighted by Crippen LogP contribution is -2.24. The summed E-state index contributed by atoms with van der Waals surface area (Å²) < 4.78 is 0. The van der Waals surface area contributed by atoms with Crippen LogP contribution in [0.25, 0.3) is 0 Å². The van der Waals surface area contributed by atoms with E-state index < -0.39 is 0 Å². The van der Waals surface area contributed by atoms with Crippen LogP contribution in [-0.4, -0.2) is 11.5 Å². The van der Waals surface area contributed by atoms with Gasteiger partial charge in [0, 0.05) is 30.5 Å². The Morgan fingerprint density at radius 1 is 1.15 bits per heavy atom. The Hall–Kier alpha value is -2.34. The number of anilines is 1. The Bertz CT molecular complexity index is 643. The van der Waals surface area contributed by atoms with E-state index >= 15 is 0 Å². The zero-order valence-electron chi connectivity index (χ0n) is 11.4. The molecular formula is C17H17N3. The molecule has 1 aliphatic rings. The molecule has 0 radical (unpaired) electrons. The summed E-state index contributed by atoms with van der Waals surface area (Å²) in [6.45, 7) is 1.80. The van der Waals surface area contributed by atoms with Gasteiger partial charge in [-0.15, -0.1) is 0 Å². The van der Waals surface area contributed by atoms with Gasteiger partial charge in [0.2, 0.25) is 0 Å². The fourth-order valence-electron chi connectivity index (χ4n) is 2.81. The number of nitrogens with zero attached hydrogens (tertiary/aromatic N) is 3. The van der Waals surface area contributed by atoms with Crippen molar-refractivity contribution in [2.24, 2.45) is 0 Å². The summed E-state index contributed by atoms with van der Waals surface area (Å²) in [5.41, 5.74) is 4.26. The van der Waals surface area contributed by atoms with Crippen LogP contribution in [0.5, 0.6) is 0 Å². The molecule has 0 aliphatic carbocycles. The molecule has 20 heavy (non-hydrogen) atoms. The number of fused-ring (bicyclic) bond motifs is 1. The van der Waals surface area contributed by atoms with E-state index in [-0.39, 0.29) is 0 Å². The van der Waals surface area contributed by atoms with Crippen LogP contribution in [0.1, 0.15) is 29.7 Å². The van der Waals surface area contributed by atoms with Gasteiger partial charge in [0.25, 0.3) is 0 Å². The molecule has 0 saturated heterocycles. The first kappa shape index (κ1) is 12.7. The molecule has 1 aromatic heterocycles. The fourth-order valence-corrected chi connectivity index (χ4v) is 2.81. The monoisotopic (exact) mass is 263 g/mol. The van der Waals surface area contributed by atoms with Crippen molar-refractivity contribution < 1.29 is 0 Å². The average molecular weight is 263 g/mol. The summed E-state index contributed by atoms with van der Waals surface area (Å²) in [6, 6.07) is 14.7. The molecule has 2 aromatic rings. The quantitative estimate of drug-likeness (QED) is 0.834. The Morgan fingerprint density at radius 2 is 2.05 bits per heavy atom. The minimum atomic E-state index is 0.536. The number of hydrogen-bond donors (Lipinski definition) is 0. The molecule has 3 nitrogen and oxygen atoms in total. The standard InChI is InChI=1S/C17H17N3/c18-12-16-15(8-5-10-19-16)13-20-11-4-3-7-14-6-1-2-9-17(14)20/h1-2,5-6,8-10H,3-4,7,11,13H2. The first-order valence-electron chi connectivity index (χ1n) is 7.05. The van der Waals surface area contributed by atoms with Gasteiger partial charge in [0.05, 0.1) is 0 Å². The van der Waals surface area contributed by atoms with Crippen molar-refractivity contribution in [2.45, 2.75) is 25.8 Å². The molecule has 0 amide bonds. The smallest absolute Gasteiger partial charge is 0.145 e. The van der Waals surface area contributed by atoms with Crippen molar-refractivity contribution in [1.82, 2.24) is 4.98 Å². The zero-order chi connectivity index (χ0) is 13.8. The molecule has 0 bridgehead atoms. The maximum Gasteiger partial charge on any atom is 0.145 e. The van der Waals surface area contributed by atoms with Crippen molar-refractivity contribution in [2.75, 3.05) is 11.4 Å². The molecule has 1 aromatic carbocycles. The lowest BCUT2D eigenvalue weighted by atomic mass is 10.1. The topological polar surface area (TPSA) is 39.9 Å². The van der Waals surface area contributed by atoms with Crippen LogP contribution in [0.3, 0.4) is 0 Å². The van der Waals surface area contributed by atoms with Gasteiger partial charge < -0.3 is 4.90 Å². The number of aromatic nitrogens is 1. The highest BCUT2D eigenvalue weighted by molar-refractivity contribution is 5.55. The molecule has 0 atom stereocenters. The van der Waals surface area contributed by atoms with Gasteiger partial charge in [-0.05, 0) is 37.0 Å². The van der Waals surface area contributed by atoms with Crippen LogP contribution >= 0.6 is 0 Å². The molecule has 3 rings (SSSR count). The summed E-state index contributed by atoms with van der Waals surface area (Å²) in [4.78, 5) is 6.53. The number of para-hydroxylation sites is 1. The van der Waals surface area contributed by atoms with E-state index in [1.165, 1.54) is 24.1 Å². The zero-order valence-corrected chi connectivity index (χ0v) is 11.4. The van der Waals surface area contributed by atoms with Gasteiger partial charge in [0.15, 0.2) is 0 Å². The van der Waals surface area contributed by atoms with E-state index in [1.54, 1.807) is 6.20 Å². The van der Waals surface area contributed by atoms with Crippen molar-refractivity contribution in [3.05, 3.63) is 59.4 Å². The summed E-state index contributed by atoms with van der Waals surface area (Å²) >= 11 is 0. The molecule has 0 saturated carbocycles. The van der Waals surface area contributed by atoms with E-state index in [0.717, 1.165) is 25.1 Å². The van der Waals surface area contributed by atoms with Crippen molar-refractivity contribution in [1.29, 1.82) is 5.26 Å². The highest BCUT2D eigenvalue weighted by Gasteiger charge is 2.16. The molecule has 1 aliphatic heterocycles. The van der Waals surface area contributed by atoms with E-state index in [4.69, 9.17) is 5.26 Å². The number of rotatable bonds is 2. The molecular weight excluding hydrogens is 246 g/mol. The first-order valence-corrected chi connectivity index (χ1v) is 7.05. The number of benzene rings is 1. The van der Waals surface area contributed by atoms with Gasteiger partial charge >= 0.3 is 0 Å². The van der Waals surface area contributed by atoms with Gasteiger partial charge in [-0.25, -0.2) is 4.98 Å². The summed E-state index contributed by atoms with van der Waals surface area (Å²) in [7, 11) is 0. The summed E-state index contributed by atoms with van der Waals surface area (Å²) in [5.74, 6) is 0. The SMILES string of the molecule is N#Cc1ncccc1CN1CCCCc2ccccc21. The Balaban J connectivity index is 1.93. The molecule has 2 heterocycles. The third-order valence-corrected chi connectivity index (χ3v) is 3.81. The number of pyridine rings is 1. The molecule has 0 N–H and O–H groups in total. The number of aryl methyl sites for hydroxylation is 1. The van der Waals surface area contributed by atoms with Gasteiger partial charge in [-0.1, -0.05) is 24.3 Å². The third kappa shape index (κ3) is 2.50. The minimum Gasteiger partial charge on any atom is -0.367 e. The van der Waals surface area contributed by atoms with Crippen molar-refractivity contribution in [3.8, 4) is 6.07 Å². The van der Waals surface area contributed by atoms with Crippen LogP contribution in [0.4, 0.5) is 5.69 Å². The summed E-state index contributed by atoms with van der Waals surface area (Å²) in [5, 5.41) is 9.17. The normalized spacial score (nSPS) is 14.2. The predicted octanol–water partition coefficient (Wildman–Crippen LogP) is 3.30. The van der Waals surface area contributed by atoms with E-state index in [2.05, 4.69) is 40.2 Å². The molecule has 0 spiro atoms. The Kier molecular flexibility index (Phi) is 3.64. The number of nitriles is 1. The predicted molar refractivity (Wildman–Crippen MR) is 79.4 cm³/mol. The van der Waals surface area contributed by atoms with E-state index in [1.807, 2.05) is 12.1 Å². The Morgan fingerprint density at radius 3 is 2.95 bits per heavy atom. The van der Waals surface area contributed by atoms with Crippen LogP contribution in [0.2, 0.25) is 0 Å². The second-order valence-corrected chi connectivity index (χ2v) is 5.13.